The van der Waals surface area contributed by atoms with Crippen molar-refractivity contribution in [2.24, 2.45) is 0 Å². The maximum Gasteiger partial charge on any atom is 0.339 e. The summed E-state index contributed by atoms with van der Waals surface area (Å²) < 4.78 is 5.76. The molecular weight excluding hydrogens is 332 g/mol. The summed E-state index contributed by atoms with van der Waals surface area (Å²) in [4.78, 5) is 38.5. The number of carbonyl (C=O) groups excluding carboxylic acids is 1. The fourth-order valence-corrected chi connectivity index (χ4v) is 4.41. The fraction of sp³-hybridized carbons (Fsp3) is 0.474. The first-order valence-electron chi connectivity index (χ1n) is 9.21. The zero-order valence-electron chi connectivity index (χ0n) is 14.5. The molecule has 0 bridgehead atoms. The number of pyridine rings is 1. The van der Waals surface area contributed by atoms with Crippen LogP contribution in [-0.2, 0) is 23.2 Å². The van der Waals surface area contributed by atoms with Crippen LogP contribution in [0.3, 0.4) is 0 Å². The SMILES string of the molecule is O=C1OC2(CCN(c3nc4c(c(=O)[nH]3)CCCC4)CC2)c2cnccc21. The molecule has 134 valence electrons. The molecule has 26 heavy (non-hydrogen) atoms. The summed E-state index contributed by atoms with van der Waals surface area (Å²) in [5, 5.41) is 0. The number of aryl methyl sites for hydroxylation is 1. The van der Waals surface area contributed by atoms with Gasteiger partial charge in [0.2, 0.25) is 5.95 Å². The van der Waals surface area contributed by atoms with Gasteiger partial charge in [-0.05, 0) is 31.7 Å². The van der Waals surface area contributed by atoms with Crippen molar-refractivity contribution in [3.8, 4) is 0 Å². The number of H-pyrrole nitrogens is 1. The third-order valence-electron chi connectivity index (χ3n) is 5.87. The highest BCUT2D eigenvalue weighted by atomic mass is 16.6. The van der Waals surface area contributed by atoms with E-state index in [9.17, 15) is 9.59 Å². The predicted octanol–water partition coefficient (Wildman–Crippen LogP) is 1.71. The van der Waals surface area contributed by atoms with E-state index in [0.29, 0.717) is 37.4 Å². The molecule has 1 saturated heterocycles. The van der Waals surface area contributed by atoms with E-state index in [1.807, 2.05) is 0 Å². The maximum absolute atomic E-state index is 12.4. The minimum absolute atomic E-state index is 0.00757. The Morgan fingerprint density at radius 3 is 2.81 bits per heavy atom. The number of carbonyl (C=O) groups is 1. The second kappa shape index (κ2) is 5.65. The summed E-state index contributed by atoms with van der Waals surface area (Å²) in [6.45, 7) is 1.34. The van der Waals surface area contributed by atoms with Crippen LogP contribution in [0.2, 0.25) is 0 Å². The summed E-state index contributed by atoms with van der Waals surface area (Å²) in [7, 11) is 0. The Balaban J connectivity index is 1.41. The number of aromatic amines is 1. The third kappa shape index (κ3) is 2.26. The van der Waals surface area contributed by atoms with Gasteiger partial charge in [-0.25, -0.2) is 9.78 Å². The minimum Gasteiger partial charge on any atom is -0.450 e. The number of anilines is 1. The van der Waals surface area contributed by atoms with Crippen molar-refractivity contribution in [1.29, 1.82) is 0 Å². The van der Waals surface area contributed by atoms with Crippen LogP contribution >= 0.6 is 0 Å². The van der Waals surface area contributed by atoms with E-state index in [4.69, 9.17) is 9.72 Å². The van der Waals surface area contributed by atoms with Crippen LogP contribution in [0.25, 0.3) is 0 Å². The number of aromatic nitrogens is 3. The number of piperidine rings is 1. The topological polar surface area (TPSA) is 88.2 Å². The lowest BCUT2D eigenvalue weighted by molar-refractivity contribution is -0.0212. The average molecular weight is 352 g/mol. The van der Waals surface area contributed by atoms with Crippen molar-refractivity contribution in [1.82, 2.24) is 15.0 Å². The highest BCUT2D eigenvalue weighted by molar-refractivity contribution is 5.94. The van der Waals surface area contributed by atoms with Gasteiger partial charge in [0.25, 0.3) is 5.56 Å². The standard InChI is InChI=1S/C19H20N4O3/c24-16-13-3-1-2-4-15(13)21-18(22-16)23-9-6-19(7-10-23)14-11-20-8-5-12(14)17(25)26-19/h5,8,11H,1-4,6-7,9-10H2,(H,21,22,24). The Labute approximate surface area is 150 Å². The first kappa shape index (κ1) is 15.5. The van der Waals surface area contributed by atoms with E-state index in [1.165, 1.54) is 0 Å². The molecule has 0 atom stereocenters. The van der Waals surface area contributed by atoms with Gasteiger partial charge >= 0.3 is 5.97 Å². The summed E-state index contributed by atoms with van der Waals surface area (Å²) in [6.07, 6.45) is 8.54. The molecule has 1 fully saturated rings. The summed E-state index contributed by atoms with van der Waals surface area (Å²) in [6, 6.07) is 1.72. The lowest BCUT2D eigenvalue weighted by Gasteiger charge is -2.38. The monoisotopic (exact) mass is 352 g/mol. The van der Waals surface area contributed by atoms with Gasteiger partial charge in [0.15, 0.2) is 0 Å². The number of hydrogen-bond acceptors (Lipinski definition) is 6. The van der Waals surface area contributed by atoms with E-state index in [1.54, 1.807) is 18.5 Å². The van der Waals surface area contributed by atoms with Gasteiger partial charge in [0.05, 0.1) is 11.3 Å². The second-order valence-corrected chi connectivity index (χ2v) is 7.31. The Bertz CT molecular complexity index is 944. The third-order valence-corrected chi connectivity index (χ3v) is 5.87. The molecule has 2 aromatic heterocycles. The van der Waals surface area contributed by atoms with E-state index >= 15 is 0 Å². The largest absolute Gasteiger partial charge is 0.450 e. The zero-order valence-corrected chi connectivity index (χ0v) is 14.5. The van der Waals surface area contributed by atoms with Gasteiger partial charge < -0.3 is 9.64 Å². The molecule has 7 nitrogen and oxygen atoms in total. The lowest BCUT2D eigenvalue weighted by atomic mass is 9.85. The molecule has 5 rings (SSSR count). The Morgan fingerprint density at radius 1 is 1.15 bits per heavy atom. The lowest BCUT2D eigenvalue weighted by Crippen LogP contribution is -2.44. The molecule has 0 unspecified atom stereocenters. The highest BCUT2D eigenvalue weighted by Crippen LogP contribution is 2.43. The van der Waals surface area contributed by atoms with Gasteiger partial charge in [-0.2, -0.15) is 0 Å². The molecule has 0 aromatic carbocycles. The number of nitrogens with zero attached hydrogens (tertiary/aromatic N) is 3. The molecular formula is C19H20N4O3. The van der Waals surface area contributed by atoms with E-state index in [2.05, 4.69) is 14.9 Å². The van der Waals surface area contributed by atoms with Crippen LogP contribution < -0.4 is 10.5 Å². The number of hydrogen-bond donors (Lipinski definition) is 1. The van der Waals surface area contributed by atoms with Gasteiger partial charge in [0, 0.05) is 49.5 Å². The Kier molecular flexibility index (Phi) is 3.38. The number of rotatable bonds is 1. The number of ether oxygens (including phenoxy) is 1. The van der Waals surface area contributed by atoms with Crippen LogP contribution in [0.5, 0.6) is 0 Å². The van der Waals surface area contributed by atoms with Crippen LogP contribution in [0.15, 0.2) is 23.3 Å². The highest BCUT2D eigenvalue weighted by Gasteiger charge is 2.47. The molecule has 1 aliphatic carbocycles. The molecule has 0 radical (unpaired) electrons. The van der Waals surface area contributed by atoms with Crippen molar-refractivity contribution in [2.75, 3.05) is 18.0 Å². The van der Waals surface area contributed by atoms with Crippen LogP contribution in [0.4, 0.5) is 5.95 Å². The summed E-state index contributed by atoms with van der Waals surface area (Å²) in [5.74, 6) is 0.373. The maximum atomic E-state index is 12.4. The van der Waals surface area contributed by atoms with Gasteiger partial charge in [0.1, 0.15) is 5.60 Å². The van der Waals surface area contributed by atoms with Crippen molar-refractivity contribution in [3.05, 3.63) is 51.2 Å². The first-order chi connectivity index (χ1) is 12.7. The Morgan fingerprint density at radius 2 is 1.96 bits per heavy atom. The van der Waals surface area contributed by atoms with Crippen LogP contribution in [-0.4, -0.2) is 34.0 Å². The number of esters is 1. The average Bonchev–Trinajstić information content (AvgIpc) is 2.94. The van der Waals surface area contributed by atoms with Crippen LogP contribution in [0, 0.1) is 0 Å². The van der Waals surface area contributed by atoms with Crippen molar-refractivity contribution < 1.29 is 9.53 Å². The van der Waals surface area contributed by atoms with E-state index in [0.717, 1.165) is 42.5 Å². The fourth-order valence-electron chi connectivity index (χ4n) is 4.41. The number of nitrogens with one attached hydrogen (secondary N) is 1. The van der Waals surface area contributed by atoms with Gasteiger partial charge in [-0.1, -0.05) is 0 Å². The van der Waals surface area contributed by atoms with Gasteiger partial charge in [-0.15, -0.1) is 0 Å². The molecule has 7 heteroatoms. The quantitative estimate of drug-likeness (QED) is 0.786. The molecule has 0 amide bonds. The predicted molar refractivity (Wildman–Crippen MR) is 94.3 cm³/mol. The van der Waals surface area contributed by atoms with Gasteiger partial charge in [-0.3, -0.25) is 14.8 Å². The smallest absolute Gasteiger partial charge is 0.339 e. The molecule has 0 saturated carbocycles. The molecule has 4 heterocycles. The van der Waals surface area contributed by atoms with E-state index in [-0.39, 0.29) is 11.5 Å². The molecule has 1 N–H and O–H groups in total. The molecule has 2 aliphatic heterocycles. The van der Waals surface area contributed by atoms with Crippen LogP contribution in [0.1, 0.15) is 52.9 Å². The first-order valence-corrected chi connectivity index (χ1v) is 9.21. The van der Waals surface area contributed by atoms with E-state index < -0.39 is 5.60 Å². The summed E-state index contributed by atoms with van der Waals surface area (Å²) in [5.41, 5.74) is 2.69. The molecule has 1 spiro atoms. The molecule has 2 aromatic rings. The number of fused-ring (bicyclic) bond motifs is 3. The minimum atomic E-state index is -0.592. The normalized spacial score (nSPS) is 20.6. The van der Waals surface area contributed by atoms with Crippen molar-refractivity contribution >= 4 is 11.9 Å². The molecule has 3 aliphatic rings. The zero-order chi connectivity index (χ0) is 17.7. The second-order valence-electron chi connectivity index (χ2n) is 7.31. The van der Waals surface area contributed by atoms with Crippen molar-refractivity contribution in [3.63, 3.8) is 0 Å². The summed E-state index contributed by atoms with van der Waals surface area (Å²) >= 11 is 0. The van der Waals surface area contributed by atoms with Crippen molar-refractivity contribution in [2.45, 2.75) is 44.1 Å². The Hall–Kier alpha value is -2.70.